The van der Waals surface area contributed by atoms with E-state index in [1.54, 1.807) is 6.07 Å². The first-order valence-corrected chi connectivity index (χ1v) is 12.6. The summed E-state index contributed by atoms with van der Waals surface area (Å²) in [4.78, 5) is 25.0. The number of hydrogen-bond donors (Lipinski definition) is 2. The summed E-state index contributed by atoms with van der Waals surface area (Å²) in [5, 5.41) is 5.50. The number of hydrogen-bond acceptors (Lipinski definition) is 6. The lowest BCUT2D eigenvalue weighted by atomic mass is 9.97. The Bertz CT molecular complexity index is 1130. The van der Waals surface area contributed by atoms with Crippen molar-refractivity contribution in [3.63, 3.8) is 0 Å². The van der Waals surface area contributed by atoms with Crippen molar-refractivity contribution in [2.45, 2.75) is 31.1 Å². The van der Waals surface area contributed by atoms with Gasteiger partial charge in [-0.2, -0.15) is 4.31 Å². The average Bonchev–Trinajstić information content (AvgIpc) is 2.87. The number of methoxy groups -OCH3 is 2. The molecule has 0 saturated carbocycles. The first-order chi connectivity index (χ1) is 16.3. The molecular formula is C24H31N3O6S. The minimum Gasteiger partial charge on any atom is -0.493 e. The first-order valence-electron chi connectivity index (χ1n) is 11.2. The number of piperidine rings is 1. The number of amides is 2. The second-order valence-electron chi connectivity index (χ2n) is 7.97. The van der Waals surface area contributed by atoms with Crippen molar-refractivity contribution in [3.8, 4) is 11.5 Å². The van der Waals surface area contributed by atoms with E-state index in [-0.39, 0.29) is 42.3 Å². The van der Waals surface area contributed by atoms with Crippen LogP contribution in [0.2, 0.25) is 0 Å². The topological polar surface area (TPSA) is 114 Å². The number of nitrogens with zero attached hydrogens (tertiary/aromatic N) is 1. The van der Waals surface area contributed by atoms with Crippen molar-refractivity contribution in [2.75, 3.05) is 39.2 Å². The lowest BCUT2D eigenvalue weighted by molar-refractivity contribution is -0.128. The van der Waals surface area contributed by atoms with Crippen LogP contribution in [0.4, 0.5) is 5.69 Å². The fourth-order valence-corrected chi connectivity index (χ4v) is 5.43. The number of sulfonamides is 1. The molecule has 2 amide bonds. The Labute approximate surface area is 200 Å². The molecule has 0 spiro atoms. The molecule has 1 heterocycles. The highest BCUT2D eigenvalue weighted by Gasteiger charge is 2.32. The SMILES string of the molecule is CCc1ccccc1NC(=O)CNC(=O)C1CCN(S(=O)(=O)c2ccc(OC)c(OC)c2)CC1. The molecule has 1 fully saturated rings. The van der Waals surface area contributed by atoms with Crippen molar-refractivity contribution < 1.29 is 27.5 Å². The Hall–Kier alpha value is -3.11. The summed E-state index contributed by atoms with van der Waals surface area (Å²) >= 11 is 0. The highest BCUT2D eigenvalue weighted by atomic mass is 32.2. The van der Waals surface area contributed by atoms with Crippen molar-refractivity contribution in [2.24, 2.45) is 5.92 Å². The van der Waals surface area contributed by atoms with Crippen molar-refractivity contribution in [1.82, 2.24) is 9.62 Å². The molecule has 9 nitrogen and oxygen atoms in total. The second kappa shape index (κ2) is 11.3. The van der Waals surface area contributed by atoms with E-state index in [0.29, 0.717) is 24.3 Å². The summed E-state index contributed by atoms with van der Waals surface area (Å²) in [7, 11) is -0.806. The number of nitrogens with one attached hydrogen (secondary N) is 2. The molecule has 184 valence electrons. The van der Waals surface area contributed by atoms with Gasteiger partial charge in [-0.05, 0) is 43.0 Å². The number of carbonyl (C=O) groups is 2. The van der Waals surface area contributed by atoms with E-state index in [1.807, 2.05) is 31.2 Å². The molecule has 1 aliphatic rings. The van der Waals surface area contributed by atoms with Crippen LogP contribution in [0.3, 0.4) is 0 Å². The highest BCUT2D eigenvalue weighted by molar-refractivity contribution is 7.89. The highest BCUT2D eigenvalue weighted by Crippen LogP contribution is 2.32. The quantitative estimate of drug-likeness (QED) is 0.559. The molecule has 0 bridgehead atoms. The van der Waals surface area contributed by atoms with Crippen molar-refractivity contribution in [3.05, 3.63) is 48.0 Å². The van der Waals surface area contributed by atoms with E-state index in [9.17, 15) is 18.0 Å². The van der Waals surface area contributed by atoms with Gasteiger partial charge in [-0.3, -0.25) is 9.59 Å². The Balaban J connectivity index is 1.53. The maximum Gasteiger partial charge on any atom is 0.243 e. The number of rotatable bonds is 9. The standard InChI is InChI=1S/C24H31N3O6S/c1-4-17-7-5-6-8-20(17)26-23(28)16-25-24(29)18-11-13-27(14-12-18)34(30,31)19-9-10-21(32-2)22(15-19)33-3/h5-10,15,18H,4,11-14,16H2,1-3H3,(H,25,29)(H,26,28). The predicted molar refractivity (Wildman–Crippen MR) is 128 cm³/mol. The fourth-order valence-electron chi connectivity index (χ4n) is 3.94. The molecular weight excluding hydrogens is 458 g/mol. The van der Waals surface area contributed by atoms with Gasteiger partial charge in [0.15, 0.2) is 11.5 Å². The first kappa shape index (κ1) is 25.5. The molecule has 0 atom stereocenters. The lowest BCUT2D eigenvalue weighted by Gasteiger charge is -2.30. The van der Waals surface area contributed by atoms with E-state index in [0.717, 1.165) is 17.7 Å². The van der Waals surface area contributed by atoms with Gasteiger partial charge in [-0.1, -0.05) is 25.1 Å². The molecule has 1 saturated heterocycles. The second-order valence-corrected chi connectivity index (χ2v) is 9.91. The minimum absolute atomic E-state index is 0.108. The van der Waals surface area contributed by atoms with E-state index in [1.165, 1.54) is 30.7 Å². The van der Waals surface area contributed by atoms with Crippen LogP contribution in [-0.2, 0) is 26.0 Å². The van der Waals surface area contributed by atoms with Gasteiger partial charge in [0.25, 0.3) is 0 Å². The third kappa shape index (κ3) is 5.87. The normalized spacial score (nSPS) is 14.9. The van der Waals surface area contributed by atoms with Crippen LogP contribution in [0.5, 0.6) is 11.5 Å². The monoisotopic (exact) mass is 489 g/mol. The largest absolute Gasteiger partial charge is 0.493 e. The summed E-state index contributed by atoms with van der Waals surface area (Å²) in [5.74, 6) is -0.130. The van der Waals surface area contributed by atoms with Crippen molar-refractivity contribution >= 4 is 27.5 Å². The Morgan fingerprint density at radius 3 is 2.35 bits per heavy atom. The molecule has 10 heteroatoms. The third-order valence-corrected chi connectivity index (χ3v) is 7.81. The molecule has 0 unspecified atom stereocenters. The molecule has 0 radical (unpaired) electrons. The van der Waals surface area contributed by atoms with Gasteiger partial charge in [0, 0.05) is 30.8 Å². The maximum absolute atomic E-state index is 13.0. The summed E-state index contributed by atoms with van der Waals surface area (Å²) in [6.07, 6.45) is 1.53. The molecule has 2 N–H and O–H groups in total. The van der Waals surface area contributed by atoms with Crippen LogP contribution in [0.15, 0.2) is 47.4 Å². The zero-order valence-electron chi connectivity index (χ0n) is 19.7. The van der Waals surface area contributed by atoms with E-state index in [2.05, 4.69) is 10.6 Å². The minimum atomic E-state index is -3.73. The third-order valence-electron chi connectivity index (χ3n) is 5.91. The van der Waals surface area contributed by atoms with Crippen LogP contribution < -0.4 is 20.1 Å². The van der Waals surface area contributed by atoms with Gasteiger partial charge in [-0.15, -0.1) is 0 Å². The molecule has 0 aromatic heterocycles. The predicted octanol–water partition coefficient (Wildman–Crippen LogP) is 2.42. The van der Waals surface area contributed by atoms with Gasteiger partial charge in [0.05, 0.1) is 25.7 Å². The van der Waals surface area contributed by atoms with Crippen LogP contribution in [-0.4, -0.2) is 58.4 Å². The van der Waals surface area contributed by atoms with E-state index < -0.39 is 10.0 Å². The van der Waals surface area contributed by atoms with Gasteiger partial charge in [-0.25, -0.2) is 8.42 Å². The van der Waals surface area contributed by atoms with Crippen LogP contribution in [0, 0.1) is 5.92 Å². The van der Waals surface area contributed by atoms with Crippen LogP contribution in [0.1, 0.15) is 25.3 Å². The van der Waals surface area contributed by atoms with Crippen LogP contribution >= 0.6 is 0 Å². The molecule has 3 rings (SSSR count). The van der Waals surface area contributed by atoms with E-state index in [4.69, 9.17) is 9.47 Å². The zero-order chi connectivity index (χ0) is 24.7. The zero-order valence-corrected chi connectivity index (χ0v) is 20.5. The van der Waals surface area contributed by atoms with Crippen LogP contribution in [0.25, 0.3) is 0 Å². The van der Waals surface area contributed by atoms with Gasteiger partial charge >= 0.3 is 0 Å². The number of carbonyl (C=O) groups excluding carboxylic acids is 2. The summed E-state index contributed by atoms with van der Waals surface area (Å²) in [6.45, 7) is 2.29. The number of anilines is 1. The maximum atomic E-state index is 13.0. The Kier molecular flexibility index (Phi) is 8.51. The molecule has 1 aliphatic heterocycles. The lowest BCUT2D eigenvalue weighted by Crippen LogP contribution is -2.44. The number of para-hydroxylation sites is 1. The van der Waals surface area contributed by atoms with Gasteiger partial charge < -0.3 is 20.1 Å². The van der Waals surface area contributed by atoms with Crippen molar-refractivity contribution in [1.29, 1.82) is 0 Å². The number of ether oxygens (including phenoxy) is 2. The average molecular weight is 490 g/mol. The Morgan fingerprint density at radius 1 is 1.03 bits per heavy atom. The fraction of sp³-hybridized carbons (Fsp3) is 0.417. The molecule has 2 aromatic carbocycles. The summed E-state index contributed by atoms with van der Waals surface area (Å²) < 4.78 is 37.8. The van der Waals surface area contributed by atoms with Gasteiger partial charge in [0.1, 0.15) is 0 Å². The molecule has 34 heavy (non-hydrogen) atoms. The molecule has 2 aromatic rings. The van der Waals surface area contributed by atoms with E-state index >= 15 is 0 Å². The number of aryl methyl sites for hydroxylation is 1. The molecule has 0 aliphatic carbocycles. The summed E-state index contributed by atoms with van der Waals surface area (Å²) in [6, 6.07) is 12.0. The number of benzene rings is 2. The summed E-state index contributed by atoms with van der Waals surface area (Å²) in [5.41, 5.74) is 1.75. The smallest absolute Gasteiger partial charge is 0.243 e. The Morgan fingerprint density at radius 2 is 1.71 bits per heavy atom. The van der Waals surface area contributed by atoms with Gasteiger partial charge in [0.2, 0.25) is 21.8 Å².